The van der Waals surface area contributed by atoms with Crippen LogP contribution in [-0.4, -0.2) is 39.7 Å². The maximum absolute atomic E-state index is 13.4. The van der Waals surface area contributed by atoms with Crippen LogP contribution >= 0.6 is 11.6 Å². The summed E-state index contributed by atoms with van der Waals surface area (Å²) in [6.45, 7) is 1.28. The Morgan fingerprint density at radius 3 is 2.46 bits per heavy atom. The topological polar surface area (TPSA) is 69.1 Å². The molecular formula is C32H30ClN5O. The molecule has 0 saturated carbocycles. The molecule has 0 fully saturated rings. The molecule has 5 aromatic rings. The molecule has 0 spiro atoms. The smallest absolute Gasteiger partial charge is 0.251 e. The van der Waals surface area contributed by atoms with Crippen molar-refractivity contribution >= 4 is 22.5 Å². The number of fused-ring (bicyclic) bond motifs is 1. The number of likely N-dealkylation sites (N-methyl/N-ethyl adjacent to an activating group) is 1. The molecule has 0 saturated heterocycles. The van der Waals surface area contributed by atoms with Crippen molar-refractivity contribution in [3.8, 4) is 23.5 Å². The lowest BCUT2D eigenvalue weighted by atomic mass is 9.80. The summed E-state index contributed by atoms with van der Waals surface area (Å²) in [5.74, 6) is 2.70. The molecule has 2 N–H and O–H groups in total. The number of rotatable bonds is 7. The molecule has 0 bridgehead atoms. The second kappa shape index (κ2) is 10.5. The van der Waals surface area contributed by atoms with Gasteiger partial charge in [0, 0.05) is 42.2 Å². The lowest BCUT2D eigenvalue weighted by Gasteiger charge is -2.32. The van der Waals surface area contributed by atoms with Crippen LogP contribution in [-0.2, 0) is 19.1 Å². The third-order valence-electron chi connectivity index (χ3n) is 7.20. The summed E-state index contributed by atoms with van der Waals surface area (Å²) in [6.07, 6.45) is 9.23. The van der Waals surface area contributed by atoms with Gasteiger partial charge in [-0.15, -0.1) is 6.42 Å². The molecule has 0 unspecified atom stereocenters. The van der Waals surface area contributed by atoms with Crippen LogP contribution in [0.1, 0.15) is 22.4 Å². The van der Waals surface area contributed by atoms with E-state index in [4.69, 9.17) is 23.8 Å². The molecule has 0 aliphatic heterocycles. The molecular weight excluding hydrogens is 506 g/mol. The van der Waals surface area contributed by atoms with E-state index in [0.717, 1.165) is 51.0 Å². The number of nitrogens with zero attached hydrogens (tertiary/aromatic N) is 4. The Morgan fingerprint density at radius 1 is 1.05 bits per heavy atom. The second-order valence-corrected chi connectivity index (χ2v) is 10.4. The summed E-state index contributed by atoms with van der Waals surface area (Å²) >= 11 is 6.23. The van der Waals surface area contributed by atoms with E-state index in [-0.39, 0.29) is 5.56 Å². The quantitative estimate of drug-likeness (QED) is 0.303. The minimum Gasteiger partial charge on any atom is -0.336 e. The normalized spacial score (nSPS) is 12.9. The molecule has 0 aliphatic carbocycles. The predicted octanol–water partition coefficient (Wildman–Crippen LogP) is 4.85. The van der Waals surface area contributed by atoms with Crippen LogP contribution in [0.15, 0.2) is 90.1 Å². The first-order valence-electron chi connectivity index (χ1n) is 12.6. The maximum atomic E-state index is 13.4. The van der Waals surface area contributed by atoms with Crippen molar-refractivity contribution in [2.75, 3.05) is 20.6 Å². The minimum atomic E-state index is -1.04. The van der Waals surface area contributed by atoms with E-state index >= 15 is 0 Å². The molecule has 6 nitrogen and oxygen atoms in total. The molecule has 0 aliphatic rings. The average Bonchev–Trinajstić information content (AvgIpc) is 3.38. The van der Waals surface area contributed by atoms with Gasteiger partial charge in [0.25, 0.3) is 5.56 Å². The van der Waals surface area contributed by atoms with Gasteiger partial charge >= 0.3 is 0 Å². The van der Waals surface area contributed by atoms with E-state index < -0.39 is 5.54 Å². The van der Waals surface area contributed by atoms with Crippen molar-refractivity contribution in [1.29, 1.82) is 0 Å². The Bertz CT molecular complexity index is 1760. The Balaban J connectivity index is 1.83. The van der Waals surface area contributed by atoms with Crippen LogP contribution in [0.25, 0.3) is 22.0 Å². The fourth-order valence-electron chi connectivity index (χ4n) is 5.09. The van der Waals surface area contributed by atoms with E-state index in [1.807, 2.05) is 90.9 Å². The van der Waals surface area contributed by atoms with Crippen LogP contribution < -0.4 is 11.3 Å². The summed E-state index contributed by atoms with van der Waals surface area (Å²) in [6, 6.07) is 23.0. The van der Waals surface area contributed by atoms with Crippen LogP contribution in [0.4, 0.5) is 0 Å². The van der Waals surface area contributed by atoms with Gasteiger partial charge in [-0.05, 0) is 72.7 Å². The SMILES string of the molecule is C#Cc1cccc(-c2cc(=O)n(CCN(C)C)c3ccc([C@](N)(c4ccc(Cl)cc4)c4cncn4C)cc23)c1. The number of nitrogens with two attached hydrogens (primary N) is 1. The first-order valence-corrected chi connectivity index (χ1v) is 13.0. The van der Waals surface area contributed by atoms with E-state index in [0.29, 0.717) is 11.6 Å². The Labute approximate surface area is 233 Å². The molecule has 1 atom stereocenters. The van der Waals surface area contributed by atoms with Gasteiger partial charge in [-0.1, -0.05) is 47.9 Å². The summed E-state index contributed by atoms with van der Waals surface area (Å²) in [7, 11) is 5.91. The van der Waals surface area contributed by atoms with Gasteiger partial charge < -0.3 is 19.8 Å². The first kappa shape index (κ1) is 26.5. The molecule has 2 aromatic heterocycles. The Hall–Kier alpha value is -4.15. The molecule has 3 aromatic carbocycles. The predicted molar refractivity (Wildman–Crippen MR) is 159 cm³/mol. The fourth-order valence-corrected chi connectivity index (χ4v) is 5.21. The first-order chi connectivity index (χ1) is 18.7. The third kappa shape index (κ3) is 4.88. The number of halogens is 1. The number of pyridine rings is 1. The van der Waals surface area contributed by atoms with Gasteiger partial charge in [-0.3, -0.25) is 4.79 Å². The highest BCUT2D eigenvalue weighted by Crippen LogP contribution is 2.38. The van der Waals surface area contributed by atoms with Gasteiger partial charge in [0.2, 0.25) is 0 Å². The van der Waals surface area contributed by atoms with Crippen molar-refractivity contribution in [2.24, 2.45) is 12.8 Å². The van der Waals surface area contributed by atoms with E-state index in [1.54, 1.807) is 18.6 Å². The number of hydrogen-bond donors (Lipinski definition) is 1. The van der Waals surface area contributed by atoms with Crippen molar-refractivity contribution in [1.82, 2.24) is 19.0 Å². The highest BCUT2D eigenvalue weighted by molar-refractivity contribution is 6.30. The number of aryl methyl sites for hydroxylation is 1. The van der Waals surface area contributed by atoms with Crippen molar-refractivity contribution in [3.63, 3.8) is 0 Å². The van der Waals surface area contributed by atoms with Crippen LogP contribution in [0.2, 0.25) is 5.02 Å². The monoisotopic (exact) mass is 535 g/mol. The molecule has 7 heteroatoms. The maximum Gasteiger partial charge on any atom is 0.251 e. The zero-order valence-electron chi connectivity index (χ0n) is 22.2. The Morgan fingerprint density at radius 2 is 1.79 bits per heavy atom. The summed E-state index contributed by atoms with van der Waals surface area (Å²) in [4.78, 5) is 19.8. The lowest BCUT2D eigenvalue weighted by molar-refractivity contribution is 0.384. The molecule has 196 valence electrons. The lowest BCUT2D eigenvalue weighted by Crippen LogP contribution is -2.41. The molecule has 0 amide bonds. The van der Waals surface area contributed by atoms with Crippen LogP contribution in [0, 0.1) is 12.3 Å². The van der Waals surface area contributed by atoms with Crippen molar-refractivity contribution in [2.45, 2.75) is 12.1 Å². The van der Waals surface area contributed by atoms with Crippen molar-refractivity contribution in [3.05, 3.63) is 123 Å². The second-order valence-electron chi connectivity index (χ2n) is 10.0. The average molecular weight is 536 g/mol. The number of benzene rings is 3. The number of terminal acetylenes is 1. The van der Waals surface area contributed by atoms with Crippen molar-refractivity contribution < 1.29 is 0 Å². The molecule has 5 rings (SSSR count). The van der Waals surface area contributed by atoms with Gasteiger partial charge in [-0.25, -0.2) is 4.98 Å². The number of imidazole rings is 1. The standard InChI is InChI=1S/C32H30ClN5O/c1-5-22-7-6-8-23(17-22)27-19-31(39)38(16-15-36(2)3)29-14-11-25(18-28(27)29)32(34,30-20-35-21-37(30)4)24-9-12-26(33)13-10-24/h1,6-14,17-21H,15-16,34H2,2-4H3/t32-/m1/s1. The van der Waals surface area contributed by atoms with Gasteiger partial charge in [0.1, 0.15) is 5.54 Å². The summed E-state index contributed by atoms with van der Waals surface area (Å²) in [5, 5.41) is 1.54. The van der Waals surface area contributed by atoms with E-state index in [2.05, 4.69) is 21.9 Å². The van der Waals surface area contributed by atoms with Crippen LogP contribution in [0.3, 0.4) is 0 Å². The highest BCUT2D eigenvalue weighted by Gasteiger charge is 2.35. The van der Waals surface area contributed by atoms with Gasteiger partial charge in [0.15, 0.2) is 0 Å². The third-order valence-corrected chi connectivity index (χ3v) is 7.45. The van der Waals surface area contributed by atoms with Crippen LogP contribution in [0.5, 0.6) is 0 Å². The number of aromatic nitrogens is 3. The van der Waals surface area contributed by atoms with Gasteiger partial charge in [-0.2, -0.15) is 0 Å². The summed E-state index contributed by atoms with van der Waals surface area (Å²) < 4.78 is 3.74. The minimum absolute atomic E-state index is 0.0680. The fraction of sp³-hybridized carbons (Fsp3) is 0.188. The Kier molecular flexibility index (Phi) is 7.16. The van der Waals surface area contributed by atoms with E-state index in [9.17, 15) is 4.79 Å². The molecule has 0 radical (unpaired) electrons. The summed E-state index contributed by atoms with van der Waals surface area (Å²) in [5.41, 5.74) is 12.0. The number of hydrogen-bond acceptors (Lipinski definition) is 4. The van der Waals surface area contributed by atoms with Gasteiger partial charge in [0.05, 0.1) is 23.7 Å². The molecule has 2 heterocycles. The molecule has 39 heavy (non-hydrogen) atoms. The zero-order valence-corrected chi connectivity index (χ0v) is 23.0. The largest absolute Gasteiger partial charge is 0.336 e. The zero-order chi connectivity index (χ0) is 27.7. The highest BCUT2D eigenvalue weighted by atomic mass is 35.5. The van der Waals surface area contributed by atoms with E-state index in [1.165, 1.54) is 0 Å².